The number of guanidine groups is 1. The van der Waals surface area contributed by atoms with Crippen LogP contribution in [0.1, 0.15) is 5.82 Å². The minimum Gasteiger partial charge on any atom is -0.370 e. The summed E-state index contributed by atoms with van der Waals surface area (Å²) < 4.78 is 15.0. The minimum atomic E-state index is -0.214. The number of halogens is 2. The van der Waals surface area contributed by atoms with E-state index in [-0.39, 0.29) is 29.8 Å². The first kappa shape index (κ1) is 20.3. The van der Waals surface area contributed by atoms with Gasteiger partial charge in [0.1, 0.15) is 11.6 Å². The number of fused-ring (bicyclic) bond motifs is 1. The number of hydrogen-bond donors (Lipinski definition) is 1. The molecule has 0 unspecified atom stereocenters. The number of benzene rings is 1. The van der Waals surface area contributed by atoms with Gasteiger partial charge >= 0.3 is 0 Å². The van der Waals surface area contributed by atoms with E-state index < -0.39 is 0 Å². The van der Waals surface area contributed by atoms with Crippen LogP contribution in [0, 0.1) is 5.82 Å². The van der Waals surface area contributed by atoms with Crippen molar-refractivity contribution in [2.24, 2.45) is 10.7 Å². The zero-order valence-corrected chi connectivity index (χ0v) is 17.7. The first-order valence-corrected chi connectivity index (χ1v) is 9.05. The zero-order valence-electron chi connectivity index (χ0n) is 15.4. The van der Waals surface area contributed by atoms with Gasteiger partial charge in [0.25, 0.3) is 0 Å². The molecular formula is C19H23FIN7. The normalized spacial score (nSPS) is 15.0. The zero-order chi connectivity index (χ0) is 18.6. The van der Waals surface area contributed by atoms with E-state index >= 15 is 0 Å². The van der Waals surface area contributed by atoms with Crippen molar-refractivity contribution in [2.45, 2.75) is 6.42 Å². The topological polar surface area (TPSA) is 75.0 Å². The predicted octanol–water partition coefficient (Wildman–Crippen LogP) is 2.17. The maximum Gasteiger partial charge on any atom is 0.191 e. The molecule has 148 valence electrons. The van der Waals surface area contributed by atoms with Gasteiger partial charge in [-0.25, -0.2) is 4.39 Å². The number of nitrogens with two attached hydrogens (primary N) is 1. The van der Waals surface area contributed by atoms with Crippen LogP contribution in [0.15, 0.2) is 53.7 Å². The van der Waals surface area contributed by atoms with E-state index in [1.54, 1.807) is 0 Å². The molecule has 3 aromatic rings. The molecule has 0 radical (unpaired) electrons. The number of rotatable bonds is 4. The summed E-state index contributed by atoms with van der Waals surface area (Å²) in [6.07, 6.45) is 2.63. The molecule has 1 fully saturated rings. The van der Waals surface area contributed by atoms with Crippen molar-refractivity contribution in [2.75, 3.05) is 37.6 Å². The van der Waals surface area contributed by atoms with E-state index in [2.05, 4.69) is 25.0 Å². The van der Waals surface area contributed by atoms with Gasteiger partial charge in [-0.2, -0.15) is 0 Å². The summed E-state index contributed by atoms with van der Waals surface area (Å²) in [6, 6.07) is 12.4. The van der Waals surface area contributed by atoms with Crippen LogP contribution < -0.4 is 10.6 Å². The number of piperazine rings is 1. The lowest BCUT2D eigenvalue weighted by atomic mass is 10.2. The van der Waals surface area contributed by atoms with Gasteiger partial charge in [-0.05, 0) is 36.4 Å². The average Bonchev–Trinajstić information content (AvgIpc) is 3.12. The Bertz CT molecular complexity index is 933. The van der Waals surface area contributed by atoms with Crippen LogP contribution in [0.2, 0.25) is 0 Å². The Kier molecular flexibility index (Phi) is 6.65. The van der Waals surface area contributed by atoms with Crippen LogP contribution in [0.5, 0.6) is 0 Å². The summed E-state index contributed by atoms with van der Waals surface area (Å²) in [7, 11) is 0. The second-order valence-electron chi connectivity index (χ2n) is 6.49. The fourth-order valence-electron chi connectivity index (χ4n) is 3.28. The Morgan fingerprint density at radius 2 is 1.79 bits per heavy atom. The highest BCUT2D eigenvalue weighted by atomic mass is 127. The predicted molar refractivity (Wildman–Crippen MR) is 119 cm³/mol. The Morgan fingerprint density at radius 3 is 2.54 bits per heavy atom. The lowest BCUT2D eigenvalue weighted by Gasteiger charge is -2.36. The number of hydrogen-bond acceptors (Lipinski definition) is 4. The second kappa shape index (κ2) is 9.18. The maximum atomic E-state index is 13.1. The minimum absolute atomic E-state index is 0. The van der Waals surface area contributed by atoms with Gasteiger partial charge in [-0.3, -0.25) is 9.39 Å². The highest BCUT2D eigenvalue weighted by Crippen LogP contribution is 2.16. The molecule has 0 atom stereocenters. The molecule has 0 bridgehead atoms. The van der Waals surface area contributed by atoms with Crippen molar-refractivity contribution in [1.82, 2.24) is 19.5 Å². The van der Waals surface area contributed by atoms with Crippen LogP contribution in [0.3, 0.4) is 0 Å². The monoisotopic (exact) mass is 495 g/mol. The summed E-state index contributed by atoms with van der Waals surface area (Å²) in [6.45, 7) is 3.81. The third-order valence-corrected chi connectivity index (χ3v) is 4.79. The van der Waals surface area contributed by atoms with Crippen molar-refractivity contribution in [3.8, 4) is 0 Å². The molecule has 1 aromatic carbocycles. The van der Waals surface area contributed by atoms with E-state index in [1.807, 2.05) is 40.9 Å². The molecule has 9 heteroatoms. The number of nitrogens with zero attached hydrogens (tertiary/aromatic N) is 6. The number of aromatic nitrogens is 3. The van der Waals surface area contributed by atoms with Gasteiger partial charge in [0.2, 0.25) is 0 Å². The van der Waals surface area contributed by atoms with Crippen LogP contribution in [0.25, 0.3) is 5.65 Å². The van der Waals surface area contributed by atoms with E-state index in [9.17, 15) is 4.39 Å². The van der Waals surface area contributed by atoms with Crippen molar-refractivity contribution in [3.63, 3.8) is 0 Å². The largest absolute Gasteiger partial charge is 0.370 e. The smallest absolute Gasteiger partial charge is 0.191 e. The Morgan fingerprint density at radius 1 is 1.04 bits per heavy atom. The van der Waals surface area contributed by atoms with Crippen LogP contribution in [0.4, 0.5) is 10.1 Å². The molecule has 0 saturated carbocycles. The van der Waals surface area contributed by atoms with E-state index in [0.29, 0.717) is 18.9 Å². The molecule has 1 aliphatic rings. The fraction of sp³-hybridized carbons (Fsp3) is 0.316. The number of aliphatic imine (C=N–C) groups is 1. The molecule has 2 aromatic heterocycles. The first-order chi connectivity index (χ1) is 13.2. The summed E-state index contributed by atoms with van der Waals surface area (Å²) in [5, 5.41) is 8.35. The molecular weight excluding hydrogens is 472 g/mol. The van der Waals surface area contributed by atoms with Crippen molar-refractivity contribution < 1.29 is 4.39 Å². The van der Waals surface area contributed by atoms with Crippen molar-refractivity contribution in [3.05, 3.63) is 60.3 Å². The molecule has 2 N–H and O–H groups in total. The van der Waals surface area contributed by atoms with E-state index in [1.165, 1.54) is 12.1 Å². The molecule has 0 aliphatic carbocycles. The maximum absolute atomic E-state index is 13.1. The van der Waals surface area contributed by atoms with Crippen molar-refractivity contribution in [1.29, 1.82) is 0 Å². The third-order valence-electron chi connectivity index (χ3n) is 4.79. The van der Waals surface area contributed by atoms with Crippen LogP contribution in [-0.4, -0.2) is 58.2 Å². The Labute approximate surface area is 180 Å². The summed E-state index contributed by atoms with van der Waals surface area (Å²) in [5.41, 5.74) is 8.04. The van der Waals surface area contributed by atoms with E-state index in [0.717, 1.165) is 43.3 Å². The summed E-state index contributed by atoms with van der Waals surface area (Å²) in [4.78, 5) is 8.82. The second-order valence-corrected chi connectivity index (χ2v) is 6.49. The molecule has 7 nitrogen and oxygen atoms in total. The van der Waals surface area contributed by atoms with Crippen LogP contribution >= 0.6 is 24.0 Å². The lowest BCUT2D eigenvalue weighted by Crippen LogP contribution is -2.51. The fourth-order valence-corrected chi connectivity index (χ4v) is 3.28. The number of pyridine rings is 1. The molecule has 3 heterocycles. The highest BCUT2D eigenvalue weighted by molar-refractivity contribution is 14.0. The van der Waals surface area contributed by atoms with Gasteiger partial charge in [0.15, 0.2) is 11.6 Å². The van der Waals surface area contributed by atoms with Gasteiger partial charge in [0.05, 0.1) is 0 Å². The first-order valence-electron chi connectivity index (χ1n) is 9.05. The summed E-state index contributed by atoms with van der Waals surface area (Å²) in [5.74, 6) is 1.22. The van der Waals surface area contributed by atoms with Gasteiger partial charge in [-0.15, -0.1) is 34.2 Å². The van der Waals surface area contributed by atoms with Crippen LogP contribution in [-0.2, 0) is 6.42 Å². The van der Waals surface area contributed by atoms with Gasteiger partial charge in [-0.1, -0.05) is 6.07 Å². The standard InChI is InChI=1S/C19H22FN7.HI/c20-15-4-6-16(7-5-15)25-11-13-26(14-12-25)19(21)22-9-8-18-24-23-17-3-1-2-10-27(17)18;/h1-7,10H,8-9,11-14H2,(H2,21,22);1H. The van der Waals surface area contributed by atoms with Gasteiger partial charge < -0.3 is 15.5 Å². The lowest BCUT2D eigenvalue weighted by molar-refractivity contribution is 0.381. The highest BCUT2D eigenvalue weighted by Gasteiger charge is 2.18. The molecule has 4 rings (SSSR count). The molecule has 1 aliphatic heterocycles. The third kappa shape index (κ3) is 4.51. The molecule has 0 spiro atoms. The average molecular weight is 495 g/mol. The number of anilines is 1. The Balaban J connectivity index is 0.00000225. The molecule has 1 saturated heterocycles. The van der Waals surface area contributed by atoms with Crippen molar-refractivity contribution >= 4 is 41.3 Å². The summed E-state index contributed by atoms with van der Waals surface area (Å²) >= 11 is 0. The Hall–Kier alpha value is -2.43. The molecule has 28 heavy (non-hydrogen) atoms. The van der Waals surface area contributed by atoms with Gasteiger partial charge in [0, 0.05) is 51.0 Å². The quantitative estimate of drug-likeness (QED) is 0.341. The molecule has 0 amide bonds. The van der Waals surface area contributed by atoms with E-state index in [4.69, 9.17) is 5.73 Å². The SMILES string of the molecule is I.NC(=NCCc1nnc2ccccn12)N1CCN(c2ccc(F)cc2)CC1.